The van der Waals surface area contributed by atoms with Crippen LogP contribution in [-0.4, -0.2) is 4.57 Å². The standard InChI is InChI=1S/C48H32N2O/c1-3-14-38(15-4-1)49(39-16-5-2-6-17-39)40-28-26-34(27-29-40)33-22-24-35(25-23-33)36-12-11-13-37(32-36)41-30-31-43-42-18-7-8-19-44(42)50-45-20-9-10-21-46(45)51-48(41)47(43)50/h1-32H. The van der Waals surface area contributed by atoms with E-state index in [9.17, 15) is 0 Å². The predicted octanol–water partition coefficient (Wildman–Crippen LogP) is 13.4. The maximum Gasteiger partial charge on any atom is 0.160 e. The van der Waals surface area contributed by atoms with Gasteiger partial charge in [0.2, 0.25) is 0 Å². The van der Waals surface area contributed by atoms with Crippen molar-refractivity contribution in [3.8, 4) is 50.6 Å². The van der Waals surface area contributed by atoms with Crippen molar-refractivity contribution < 1.29 is 4.74 Å². The molecule has 0 atom stereocenters. The third kappa shape index (κ3) is 4.90. The molecule has 1 aromatic heterocycles. The first-order valence-electron chi connectivity index (χ1n) is 17.4. The van der Waals surface area contributed by atoms with E-state index in [1.54, 1.807) is 0 Å². The molecule has 0 spiro atoms. The summed E-state index contributed by atoms with van der Waals surface area (Å²) in [6, 6.07) is 68.9. The molecule has 2 heterocycles. The summed E-state index contributed by atoms with van der Waals surface area (Å²) < 4.78 is 9.08. The minimum absolute atomic E-state index is 0.868. The number of hydrogen-bond acceptors (Lipinski definition) is 2. The first-order chi connectivity index (χ1) is 25.3. The van der Waals surface area contributed by atoms with Crippen LogP contribution in [0.5, 0.6) is 11.5 Å². The highest BCUT2D eigenvalue weighted by Gasteiger charge is 2.26. The summed E-state index contributed by atoms with van der Waals surface area (Å²) >= 11 is 0. The molecular weight excluding hydrogens is 621 g/mol. The number of hydrogen-bond donors (Lipinski definition) is 0. The van der Waals surface area contributed by atoms with Gasteiger partial charge < -0.3 is 14.2 Å². The fourth-order valence-electron chi connectivity index (χ4n) is 7.57. The van der Waals surface area contributed by atoms with E-state index < -0.39 is 0 Å². The average molecular weight is 653 g/mol. The Balaban J connectivity index is 0.982. The van der Waals surface area contributed by atoms with Gasteiger partial charge in [0.15, 0.2) is 11.5 Å². The minimum atomic E-state index is 0.868. The van der Waals surface area contributed by atoms with Gasteiger partial charge in [-0.25, -0.2) is 0 Å². The molecule has 0 saturated carbocycles. The third-order valence-electron chi connectivity index (χ3n) is 9.99. The molecule has 0 bridgehead atoms. The maximum atomic E-state index is 6.72. The van der Waals surface area contributed by atoms with Crippen molar-refractivity contribution in [3.63, 3.8) is 0 Å². The van der Waals surface area contributed by atoms with E-state index in [1.807, 2.05) is 6.07 Å². The molecule has 1 aliphatic heterocycles. The van der Waals surface area contributed by atoms with Gasteiger partial charge in [-0.2, -0.15) is 0 Å². The Hall–Kier alpha value is -6.84. The summed E-state index contributed by atoms with van der Waals surface area (Å²) in [5, 5.41) is 2.43. The molecule has 1 aliphatic rings. The van der Waals surface area contributed by atoms with Gasteiger partial charge in [0.05, 0.1) is 16.7 Å². The van der Waals surface area contributed by atoms with E-state index >= 15 is 0 Å². The molecule has 0 fully saturated rings. The first kappa shape index (κ1) is 29.1. The van der Waals surface area contributed by atoms with Crippen molar-refractivity contribution in [2.75, 3.05) is 4.90 Å². The lowest BCUT2D eigenvalue weighted by Crippen LogP contribution is -2.09. The highest BCUT2D eigenvalue weighted by molar-refractivity contribution is 6.14. The molecule has 3 heteroatoms. The first-order valence-corrected chi connectivity index (χ1v) is 17.4. The van der Waals surface area contributed by atoms with Crippen molar-refractivity contribution in [2.24, 2.45) is 0 Å². The van der Waals surface area contributed by atoms with Crippen LogP contribution in [0, 0.1) is 0 Å². The minimum Gasteiger partial charge on any atom is -0.452 e. The Labute approximate surface area is 296 Å². The quantitative estimate of drug-likeness (QED) is 0.178. The summed E-state index contributed by atoms with van der Waals surface area (Å²) in [5.41, 5.74) is 13.7. The van der Waals surface area contributed by atoms with Crippen LogP contribution < -0.4 is 9.64 Å². The summed E-state index contributed by atoms with van der Waals surface area (Å²) in [6.45, 7) is 0. The number of rotatable bonds is 6. The van der Waals surface area contributed by atoms with Crippen molar-refractivity contribution >= 4 is 38.9 Å². The van der Waals surface area contributed by atoms with E-state index in [1.165, 1.54) is 38.5 Å². The second kappa shape index (κ2) is 11.9. The number of ether oxygens (including phenoxy) is 1. The van der Waals surface area contributed by atoms with Gasteiger partial charge in [-0.05, 0) is 94.5 Å². The van der Waals surface area contributed by atoms with Crippen LogP contribution in [0.3, 0.4) is 0 Å². The topological polar surface area (TPSA) is 17.4 Å². The molecule has 8 aromatic carbocycles. The van der Waals surface area contributed by atoms with Crippen molar-refractivity contribution in [1.29, 1.82) is 0 Å². The summed E-state index contributed by atoms with van der Waals surface area (Å²) in [6.07, 6.45) is 0. The number of benzene rings is 8. The lowest BCUT2D eigenvalue weighted by atomic mass is 9.96. The Morgan fingerprint density at radius 3 is 1.69 bits per heavy atom. The highest BCUT2D eigenvalue weighted by atomic mass is 16.5. The van der Waals surface area contributed by atoms with Crippen LogP contribution in [0.1, 0.15) is 0 Å². The van der Waals surface area contributed by atoms with Crippen LogP contribution in [0.4, 0.5) is 17.1 Å². The molecule has 0 amide bonds. The highest BCUT2D eigenvalue weighted by Crippen LogP contribution is 2.49. The molecular formula is C48H32N2O. The zero-order valence-electron chi connectivity index (χ0n) is 27.8. The second-order valence-corrected chi connectivity index (χ2v) is 13.0. The van der Waals surface area contributed by atoms with Crippen LogP contribution in [0.2, 0.25) is 0 Å². The van der Waals surface area contributed by atoms with Gasteiger partial charge in [-0.3, -0.25) is 0 Å². The van der Waals surface area contributed by atoms with E-state index in [0.29, 0.717) is 0 Å². The number of fused-ring (bicyclic) bond motifs is 5. The third-order valence-corrected chi connectivity index (χ3v) is 9.99. The number of para-hydroxylation sites is 5. The number of nitrogens with zero attached hydrogens (tertiary/aromatic N) is 2. The molecule has 51 heavy (non-hydrogen) atoms. The number of anilines is 3. The SMILES string of the molecule is c1ccc(N(c2ccccc2)c2ccc(-c3ccc(-c4cccc(-c5ccc6c7ccccc7n7c6c5Oc5ccccc5-7)c4)cc3)cc2)cc1. The fraction of sp³-hybridized carbons (Fsp3) is 0. The van der Waals surface area contributed by atoms with E-state index in [-0.39, 0.29) is 0 Å². The molecule has 9 aromatic rings. The smallest absolute Gasteiger partial charge is 0.160 e. The lowest BCUT2D eigenvalue weighted by Gasteiger charge is -2.25. The fourth-order valence-corrected chi connectivity index (χ4v) is 7.57. The second-order valence-electron chi connectivity index (χ2n) is 13.0. The molecule has 3 nitrogen and oxygen atoms in total. The molecule has 0 aliphatic carbocycles. The van der Waals surface area contributed by atoms with Gasteiger partial charge in [-0.15, -0.1) is 0 Å². The van der Waals surface area contributed by atoms with Crippen molar-refractivity contribution in [1.82, 2.24) is 4.57 Å². The predicted molar refractivity (Wildman–Crippen MR) is 212 cm³/mol. The van der Waals surface area contributed by atoms with E-state index in [0.717, 1.165) is 50.9 Å². The average Bonchev–Trinajstić information content (AvgIpc) is 3.55. The zero-order valence-corrected chi connectivity index (χ0v) is 27.8. The van der Waals surface area contributed by atoms with Gasteiger partial charge in [0.1, 0.15) is 0 Å². The molecule has 0 N–H and O–H groups in total. The summed E-state index contributed by atoms with van der Waals surface area (Å²) in [7, 11) is 0. The van der Waals surface area contributed by atoms with Gasteiger partial charge in [0, 0.05) is 33.4 Å². The Morgan fingerprint density at radius 1 is 0.392 bits per heavy atom. The Kier molecular flexibility index (Phi) is 6.81. The molecule has 240 valence electrons. The molecule has 10 rings (SSSR count). The van der Waals surface area contributed by atoms with Crippen molar-refractivity contribution in [3.05, 3.63) is 194 Å². The van der Waals surface area contributed by atoms with Crippen LogP contribution in [0.15, 0.2) is 194 Å². The van der Waals surface area contributed by atoms with Gasteiger partial charge in [-0.1, -0.05) is 127 Å². The molecule has 0 saturated heterocycles. The van der Waals surface area contributed by atoms with Crippen LogP contribution in [0.25, 0.3) is 60.9 Å². The van der Waals surface area contributed by atoms with Crippen LogP contribution >= 0.6 is 0 Å². The molecule has 0 radical (unpaired) electrons. The summed E-state index contributed by atoms with van der Waals surface area (Å²) in [5.74, 6) is 1.77. The van der Waals surface area contributed by atoms with E-state index in [2.05, 4.69) is 198 Å². The lowest BCUT2D eigenvalue weighted by molar-refractivity contribution is 0.478. The summed E-state index contributed by atoms with van der Waals surface area (Å²) in [4.78, 5) is 2.29. The Bertz CT molecular complexity index is 2650. The monoisotopic (exact) mass is 652 g/mol. The zero-order chi connectivity index (χ0) is 33.7. The number of aromatic nitrogens is 1. The van der Waals surface area contributed by atoms with Crippen molar-refractivity contribution in [2.45, 2.75) is 0 Å². The van der Waals surface area contributed by atoms with Gasteiger partial charge >= 0.3 is 0 Å². The normalized spacial score (nSPS) is 11.7. The van der Waals surface area contributed by atoms with E-state index in [4.69, 9.17) is 4.74 Å². The van der Waals surface area contributed by atoms with Crippen LogP contribution in [-0.2, 0) is 0 Å². The van der Waals surface area contributed by atoms with Gasteiger partial charge in [0.25, 0.3) is 0 Å². The molecule has 0 unspecified atom stereocenters. The maximum absolute atomic E-state index is 6.72. The Morgan fingerprint density at radius 2 is 0.961 bits per heavy atom. The largest absolute Gasteiger partial charge is 0.452 e.